The zero-order valence-electron chi connectivity index (χ0n) is 19.6. The van der Waals surface area contributed by atoms with Crippen LogP contribution < -0.4 is 15.6 Å². The second-order valence-corrected chi connectivity index (χ2v) is 8.65. The van der Waals surface area contributed by atoms with Gasteiger partial charge >= 0.3 is 0 Å². The van der Waals surface area contributed by atoms with Gasteiger partial charge in [-0.3, -0.25) is 19.5 Å². The van der Waals surface area contributed by atoms with Crippen molar-refractivity contribution in [2.24, 2.45) is 5.92 Å². The van der Waals surface area contributed by atoms with Crippen LogP contribution in [0.4, 0.5) is 4.39 Å². The maximum atomic E-state index is 14.0. The lowest BCUT2D eigenvalue weighted by atomic mass is 9.91. The number of hydrogen-bond donors (Lipinski definition) is 2. The molecule has 9 nitrogen and oxygen atoms in total. The van der Waals surface area contributed by atoms with Crippen molar-refractivity contribution in [3.05, 3.63) is 75.7 Å². The van der Waals surface area contributed by atoms with E-state index >= 15 is 0 Å². The number of hydrogen-bond acceptors (Lipinski definition) is 6. The normalized spacial score (nSPS) is 16.5. The molecule has 0 spiro atoms. The third-order valence-corrected chi connectivity index (χ3v) is 6.40. The number of carbonyl (C=O) groups is 1. The molecule has 1 atom stereocenters. The number of fused-ring (bicyclic) bond motifs is 3. The minimum Gasteiger partial charge on any atom is -0.496 e. The number of nitrogens with one attached hydrogen (secondary N) is 2. The maximum absolute atomic E-state index is 14.0. The molecule has 1 unspecified atom stereocenters. The van der Waals surface area contributed by atoms with E-state index in [1.807, 2.05) is 12.1 Å². The third kappa shape index (κ3) is 4.06. The average molecular weight is 477 g/mol. The largest absolute Gasteiger partial charge is 0.496 e. The monoisotopic (exact) mass is 476 g/mol. The number of benzene rings is 1. The highest BCUT2D eigenvalue weighted by Gasteiger charge is 2.22. The second kappa shape index (κ2) is 8.95. The van der Waals surface area contributed by atoms with Crippen molar-refractivity contribution in [2.45, 2.75) is 13.5 Å². The van der Waals surface area contributed by atoms with Crippen LogP contribution in [0.15, 0.2) is 47.5 Å². The maximum Gasteiger partial charge on any atom is 0.277 e. The number of carbonyl (C=O) groups excluding carboxylic acids is 1. The minimum atomic E-state index is -0.667. The lowest BCUT2D eigenvalue weighted by molar-refractivity contribution is 0.0958. The van der Waals surface area contributed by atoms with Gasteiger partial charge in [-0.05, 0) is 29.2 Å². The van der Waals surface area contributed by atoms with Crippen molar-refractivity contribution in [2.75, 3.05) is 27.2 Å². The number of ether oxygens (including phenoxy) is 1. The summed E-state index contributed by atoms with van der Waals surface area (Å²) in [6.07, 6.45) is 4.95. The van der Waals surface area contributed by atoms with Gasteiger partial charge in [-0.15, -0.1) is 0 Å². The molecule has 0 bridgehead atoms. The highest BCUT2D eigenvalue weighted by molar-refractivity contribution is 5.92. The molecule has 0 radical (unpaired) electrons. The van der Waals surface area contributed by atoms with E-state index < -0.39 is 11.4 Å². The summed E-state index contributed by atoms with van der Waals surface area (Å²) in [5.74, 6) is 0.00423. The topological polar surface area (TPSA) is 105 Å². The molecule has 3 aromatic heterocycles. The van der Waals surface area contributed by atoms with Crippen molar-refractivity contribution < 1.29 is 13.9 Å². The van der Waals surface area contributed by atoms with Crippen LogP contribution in [0, 0.1) is 11.7 Å². The lowest BCUT2D eigenvalue weighted by Crippen LogP contribution is -2.33. The Morgan fingerprint density at radius 2 is 2.14 bits per heavy atom. The van der Waals surface area contributed by atoms with Crippen LogP contribution in [-0.4, -0.2) is 57.6 Å². The molecule has 2 N–H and O–H groups in total. The Morgan fingerprint density at radius 1 is 1.31 bits per heavy atom. The van der Waals surface area contributed by atoms with Crippen LogP contribution in [0.3, 0.4) is 0 Å². The van der Waals surface area contributed by atoms with Crippen LogP contribution >= 0.6 is 0 Å². The zero-order chi connectivity index (χ0) is 24.7. The van der Waals surface area contributed by atoms with Gasteiger partial charge in [0.25, 0.3) is 11.5 Å². The van der Waals surface area contributed by atoms with Crippen LogP contribution in [0.1, 0.15) is 28.5 Å². The number of pyridine rings is 1. The van der Waals surface area contributed by atoms with Gasteiger partial charge in [-0.1, -0.05) is 19.1 Å². The number of nitrogens with zero attached hydrogens (tertiary/aromatic N) is 4. The molecule has 1 aromatic carbocycles. The molecule has 1 aliphatic heterocycles. The van der Waals surface area contributed by atoms with Crippen LogP contribution in [0.2, 0.25) is 0 Å². The summed E-state index contributed by atoms with van der Waals surface area (Å²) in [5, 5.41) is 6.59. The number of aromatic nitrogens is 4. The number of rotatable bonds is 5. The highest BCUT2D eigenvalue weighted by atomic mass is 19.1. The van der Waals surface area contributed by atoms with E-state index in [1.165, 1.54) is 10.1 Å². The molecule has 10 heteroatoms. The fourth-order valence-corrected chi connectivity index (χ4v) is 4.69. The lowest BCUT2D eigenvalue weighted by Gasteiger charge is -2.31. The standard InChI is InChI=1S/C25H25FN6O3/c1-14-12-31(7-6-17(14)15-4-5-19(28-10-15)24(33)27-2)13-16-8-20-21(9-22(16)35-3)32-23(25(34)30-20)18(26)11-29-32/h4-6,8-11,14H,7,12-13H2,1-3H3,(H,27,33)(H,30,34). The van der Waals surface area contributed by atoms with E-state index in [0.29, 0.717) is 29.0 Å². The molecule has 1 amide bonds. The van der Waals surface area contributed by atoms with E-state index in [1.54, 1.807) is 32.5 Å². The summed E-state index contributed by atoms with van der Waals surface area (Å²) < 4.78 is 20.9. The summed E-state index contributed by atoms with van der Waals surface area (Å²) in [6.45, 7) is 4.29. The van der Waals surface area contributed by atoms with Crippen molar-refractivity contribution >= 4 is 28.0 Å². The summed E-state index contributed by atoms with van der Waals surface area (Å²) in [4.78, 5) is 33.5. The van der Waals surface area contributed by atoms with E-state index in [2.05, 4.69) is 38.3 Å². The first-order valence-electron chi connectivity index (χ1n) is 11.3. The molecule has 0 aliphatic carbocycles. The molecule has 0 fully saturated rings. The molecule has 1 aliphatic rings. The van der Waals surface area contributed by atoms with Crippen LogP contribution in [-0.2, 0) is 6.54 Å². The van der Waals surface area contributed by atoms with Gasteiger partial charge in [0.1, 0.15) is 11.4 Å². The Kier molecular flexibility index (Phi) is 5.81. The van der Waals surface area contributed by atoms with E-state index in [4.69, 9.17) is 4.74 Å². The van der Waals surface area contributed by atoms with Crippen molar-refractivity contribution in [1.29, 1.82) is 0 Å². The van der Waals surface area contributed by atoms with Crippen LogP contribution in [0.5, 0.6) is 5.75 Å². The summed E-state index contributed by atoms with van der Waals surface area (Å²) >= 11 is 0. The van der Waals surface area contributed by atoms with Crippen LogP contribution in [0.25, 0.3) is 22.1 Å². The molecular weight excluding hydrogens is 451 g/mol. The van der Waals surface area contributed by atoms with Crippen molar-refractivity contribution in [3.8, 4) is 5.75 Å². The number of aromatic amines is 1. The molecule has 35 heavy (non-hydrogen) atoms. The zero-order valence-corrected chi connectivity index (χ0v) is 19.6. The van der Waals surface area contributed by atoms with Crippen molar-refractivity contribution in [3.63, 3.8) is 0 Å². The van der Waals surface area contributed by atoms with E-state index in [-0.39, 0.29) is 17.3 Å². The Hall–Kier alpha value is -4.05. The summed E-state index contributed by atoms with van der Waals surface area (Å²) in [6, 6.07) is 7.29. The van der Waals surface area contributed by atoms with E-state index in [0.717, 1.165) is 30.4 Å². The Labute approximate surface area is 200 Å². The predicted octanol–water partition coefficient (Wildman–Crippen LogP) is 2.61. The fraction of sp³-hybridized carbons (Fsp3) is 0.280. The van der Waals surface area contributed by atoms with Gasteiger partial charge in [0, 0.05) is 44.5 Å². The van der Waals surface area contributed by atoms with Gasteiger partial charge in [-0.2, -0.15) is 5.10 Å². The first-order valence-corrected chi connectivity index (χ1v) is 11.3. The smallest absolute Gasteiger partial charge is 0.277 e. The van der Waals surface area contributed by atoms with Gasteiger partial charge < -0.3 is 15.0 Å². The average Bonchev–Trinajstić information content (AvgIpc) is 3.26. The Balaban J connectivity index is 1.41. The molecule has 0 saturated carbocycles. The number of amides is 1. The molecule has 4 aromatic rings. The SMILES string of the molecule is CNC(=O)c1ccc(C2=CCN(Cc3cc4[nH]c(=O)c5c(F)cnn5c4cc3OC)CC2C)cn1. The molecule has 0 saturated heterocycles. The van der Waals surface area contributed by atoms with E-state index in [9.17, 15) is 14.0 Å². The predicted molar refractivity (Wildman–Crippen MR) is 130 cm³/mol. The van der Waals surface area contributed by atoms with Gasteiger partial charge in [0.15, 0.2) is 11.3 Å². The first-order chi connectivity index (χ1) is 16.9. The molecule has 5 rings (SSSR count). The third-order valence-electron chi connectivity index (χ3n) is 6.40. The molecule has 180 valence electrons. The van der Waals surface area contributed by atoms with Gasteiger partial charge in [-0.25, -0.2) is 8.91 Å². The van der Waals surface area contributed by atoms with Crippen molar-refractivity contribution in [1.82, 2.24) is 29.8 Å². The quantitative estimate of drug-likeness (QED) is 0.459. The molecule has 4 heterocycles. The molecular formula is C25H25FN6O3. The first kappa shape index (κ1) is 22.7. The number of methoxy groups -OCH3 is 1. The minimum absolute atomic E-state index is 0.118. The van der Waals surface area contributed by atoms with Gasteiger partial charge in [0.2, 0.25) is 0 Å². The highest BCUT2D eigenvalue weighted by Crippen LogP contribution is 2.31. The number of halogens is 1. The summed E-state index contributed by atoms with van der Waals surface area (Å²) in [5.41, 5.74) is 3.96. The second-order valence-electron chi connectivity index (χ2n) is 8.65. The fourth-order valence-electron chi connectivity index (χ4n) is 4.69. The summed E-state index contributed by atoms with van der Waals surface area (Å²) in [7, 11) is 3.17. The Bertz CT molecular complexity index is 1520. The number of H-pyrrole nitrogens is 1. The Morgan fingerprint density at radius 3 is 2.83 bits per heavy atom. The van der Waals surface area contributed by atoms with Gasteiger partial charge in [0.05, 0.1) is 24.3 Å².